The zero-order valence-electron chi connectivity index (χ0n) is 13.2. The number of carbonyl (C=O) groups is 1. The van der Waals surface area contributed by atoms with Gasteiger partial charge in [0.1, 0.15) is 11.6 Å². The van der Waals surface area contributed by atoms with Crippen molar-refractivity contribution in [3.05, 3.63) is 40.8 Å². The van der Waals surface area contributed by atoms with Gasteiger partial charge in [-0.3, -0.25) is 4.79 Å². The number of fused-ring (bicyclic) bond motifs is 1. The van der Waals surface area contributed by atoms with Gasteiger partial charge in [0.05, 0.1) is 4.90 Å². The Hall–Kier alpha value is -2.39. The summed E-state index contributed by atoms with van der Waals surface area (Å²) in [7, 11) is -3.42. The number of nitrogens with zero attached hydrogens (tertiary/aromatic N) is 1. The van der Waals surface area contributed by atoms with Crippen LogP contribution in [-0.2, 0) is 14.6 Å². The van der Waals surface area contributed by atoms with Gasteiger partial charge < -0.3 is 5.32 Å². The van der Waals surface area contributed by atoms with E-state index >= 15 is 0 Å². The number of hydrogen-bond donors (Lipinski definition) is 1. The van der Waals surface area contributed by atoms with Crippen LogP contribution in [0, 0.1) is 17.2 Å². The van der Waals surface area contributed by atoms with Crippen LogP contribution in [0.25, 0.3) is 6.08 Å². The lowest BCUT2D eigenvalue weighted by Gasteiger charge is -2.18. The molecule has 3 rings (SSSR count). The second-order valence-corrected chi connectivity index (χ2v) is 7.95. The van der Waals surface area contributed by atoms with Gasteiger partial charge >= 0.3 is 0 Å². The highest BCUT2D eigenvalue weighted by Crippen LogP contribution is 2.30. The van der Waals surface area contributed by atoms with Gasteiger partial charge in [-0.05, 0) is 42.5 Å². The lowest BCUT2D eigenvalue weighted by Crippen LogP contribution is -2.15. The van der Waals surface area contributed by atoms with Crippen molar-refractivity contribution >= 4 is 27.5 Å². The molecule has 1 amide bonds. The number of sulfone groups is 1. The van der Waals surface area contributed by atoms with E-state index in [1.807, 2.05) is 6.07 Å². The quantitative estimate of drug-likeness (QED) is 0.673. The zero-order valence-corrected chi connectivity index (χ0v) is 14.0. The molecular formula is C18H18N2O3S. The van der Waals surface area contributed by atoms with Crippen LogP contribution in [0.5, 0.6) is 0 Å². The first-order chi connectivity index (χ1) is 11.5. The van der Waals surface area contributed by atoms with Gasteiger partial charge in [-0.25, -0.2) is 8.42 Å². The molecule has 0 saturated heterocycles. The van der Waals surface area contributed by atoms with Crippen molar-refractivity contribution < 1.29 is 13.2 Å². The third-order valence-electron chi connectivity index (χ3n) is 4.42. The smallest absolute Gasteiger partial charge is 0.265 e. The molecule has 1 saturated carbocycles. The number of nitrogens with one attached hydrogen (secondary N) is 1. The number of carbonyl (C=O) groups excluding carboxylic acids is 1. The lowest BCUT2D eigenvalue weighted by molar-refractivity contribution is -0.112. The van der Waals surface area contributed by atoms with Gasteiger partial charge in [-0.15, -0.1) is 0 Å². The largest absolute Gasteiger partial charge is 0.321 e. The summed E-state index contributed by atoms with van der Waals surface area (Å²) in [6, 6.07) is 6.66. The summed E-state index contributed by atoms with van der Waals surface area (Å²) in [6.07, 6.45) is 8.73. The molecule has 0 bridgehead atoms. The highest BCUT2D eigenvalue weighted by atomic mass is 32.2. The molecule has 6 heteroatoms. The number of hydrogen-bond acceptors (Lipinski definition) is 4. The van der Waals surface area contributed by atoms with Crippen molar-refractivity contribution in [3.63, 3.8) is 0 Å². The Bertz CT molecular complexity index is 870. The van der Waals surface area contributed by atoms with Crippen LogP contribution in [0.1, 0.15) is 37.7 Å². The molecule has 0 atom stereocenters. The third-order valence-corrected chi connectivity index (χ3v) is 5.88. The molecule has 1 fully saturated rings. The molecule has 2 aliphatic rings. The third kappa shape index (κ3) is 3.41. The van der Waals surface area contributed by atoms with E-state index in [9.17, 15) is 18.5 Å². The van der Waals surface area contributed by atoms with Crippen LogP contribution in [-0.4, -0.2) is 14.3 Å². The molecule has 124 valence electrons. The first-order valence-electron chi connectivity index (χ1n) is 8.00. The van der Waals surface area contributed by atoms with Gasteiger partial charge in [0, 0.05) is 11.1 Å². The van der Waals surface area contributed by atoms with Gasteiger partial charge in [-0.2, -0.15) is 5.26 Å². The van der Waals surface area contributed by atoms with E-state index in [0.717, 1.165) is 31.1 Å². The number of anilines is 1. The number of amides is 1. The predicted octanol–water partition coefficient (Wildman–Crippen LogP) is 3.41. The summed E-state index contributed by atoms with van der Waals surface area (Å²) >= 11 is 0. The standard InChI is InChI=1S/C18H18N2O3S/c19-12-15(10-13-4-2-1-3-5-13)18(21)20-16-7-6-14-8-9-24(22,23)17(14)11-16/h6-11,13H,1-5H2,(H,20,21). The summed E-state index contributed by atoms with van der Waals surface area (Å²) < 4.78 is 23.8. The highest BCUT2D eigenvalue weighted by Gasteiger charge is 2.22. The Morgan fingerprint density at radius 2 is 2.00 bits per heavy atom. The van der Waals surface area contributed by atoms with Crippen LogP contribution in [0.4, 0.5) is 5.69 Å². The second kappa shape index (κ2) is 6.62. The minimum absolute atomic E-state index is 0.0865. The molecule has 0 spiro atoms. The van der Waals surface area contributed by atoms with Crippen molar-refractivity contribution in [2.24, 2.45) is 5.92 Å². The van der Waals surface area contributed by atoms with E-state index in [1.54, 1.807) is 18.2 Å². The van der Waals surface area contributed by atoms with E-state index in [-0.39, 0.29) is 16.4 Å². The normalized spacial score (nSPS) is 19.5. The molecule has 1 aromatic rings. The van der Waals surface area contributed by atoms with Crippen molar-refractivity contribution in [1.29, 1.82) is 5.26 Å². The van der Waals surface area contributed by atoms with Gasteiger partial charge in [0.25, 0.3) is 5.91 Å². The molecule has 1 heterocycles. The molecule has 1 aliphatic carbocycles. The first kappa shape index (κ1) is 16.5. The average Bonchev–Trinajstić information content (AvgIpc) is 2.88. The lowest BCUT2D eigenvalue weighted by atomic mass is 9.88. The van der Waals surface area contributed by atoms with E-state index in [2.05, 4.69) is 5.32 Å². The van der Waals surface area contributed by atoms with E-state index < -0.39 is 15.7 Å². The summed E-state index contributed by atoms with van der Waals surface area (Å²) in [6.45, 7) is 0. The van der Waals surface area contributed by atoms with Gasteiger partial charge in [0.15, 0.2) is 0 Å². The van der Waals surface area contributed by atoms with E-state index in [0.29, 0.717) is 11.3 Å². The van der Waals surface area contributed by atoms with Crippen LogP contribution >= 0.6 is 0 Å². The molecule has 0 unspecified atom stereocenters. The highest BCUT2D eigenvalue weighted by molar-refractivity contribution is 7.94. The van der Waals surface area contributed by atoms with Crippen LogP contribution in [0.3, 0.4) is 0 Å². The van der Waals surface area contributed by atoms with E-state index in [1.165, 1.54) is 18.6 Å². The van der Waals surface area contributed by atoms with Gasteiger partial charge in [-0.1, -0.05) is 31.4 Å². The Balaban J connectivity index is 1.77. The van der Waals surface area contributed by atoms with Crippen molar-refractivity contribution in [2.45, 2.75) is 37.0 Å². The fraction of sp³-hybridized carbons (Fsp3) is 0.333. The number of allylic oxidation sites excluding steroid dienone is 1. The molecule has 5 nitrogen and oxygen atoms in total. The Kier molecular flexibility index (Phi) is 4.54. The predicted molar refractivity (Wildman–Crippen MR) is 91.6 cm³/mol. The molecule has 0 radical (unpaired) electrons. The van der Waals surface area contributed by atoms with Crippen LogP contribution in [0.2, 0.25) is 0 Å². The maximum Gasteiger partial charge on any atom is 0.265 e. The topological polar surface area (TPSA) is 87.0 Å². The van der Waals surface area contributed by atoms with Crippen molar-refractivity contribution in [3.8, 4) is 6.07 Å². The van der Waals surface area contributed by atoms with E-state index in [4.69, 9.17) is 0 Å². The first-order valence-corrected chi connectivity index (χ1v) is 9.55. The second-order valence-electron chi connectivity index (χ2n) is 6.14. The van der Waals surface area contributed by atoms with Crippen LogP contribution < -0.4 is 5.32 Å². The monoisotopic (exact) mass is 342 g/mol. The minimum atomic E-state index is -3.42. The fourth-order valence-electron chi connectivity index (χ4n) is 3.13. The molecular weight excluding hydrogens is 324 g/mol. The number of benzene rings is 1. The average molecular weight is 342 g/mol. The molecule has 24 heavy (non-hydrogen) atoms. The maximum absolute atomic E-state index is 12.3. The fourth-order valence-corrected chi connectivity index (χ4v) is 4.36. The Morgan fingerprint density at radius 3 is 2.71 bits per heavy atom. The molecule has 1 N–H and O–H groups in total. The zero-order chi connectivity index (χ0) is 17.2. The maximum atomic E-state index is 12.3. The summed E-state index contributed by atoms with van der Waals surface area (Å²) in [4.78, 5) is 12.5. The summed E-state index contributed by atoms with van der Waals surface area (Å²) in [5.74, 6) is -0.227. The summed E-state index contributed by atoms with van der Waals surface area (Å²) in [5.41, 5.74) is 1.06. The van der Waals surface area contributed by atoms with Crippen molar-refractivity contribution in [1.82, 2.24) is 0 Å². The van der Waals surface area contributed by atoms with Crippen molar-refractivity contribution in [2.75, 3.05) is 5.32 Å². The molecule has 1 aliphatic heterocycles. The molecule has 0 aromatic heterocycles. The summed E-state index contributed by atoms with van der Waals surface area (Å²) in [5, 5.41) is 13.0. The van der Waals surface area contributed by atoms with Crippen LogP contribution in [0.15, 0.2) is 40.2 Å². The minimum Gasteiger partial charge on any atom is -0.321 e. The molecule has 1 aromatic carbocycles. The van der Waals surface area contributed by atoms with Gasteiger partial charge in [0.2, 0.25) is 9.84 Å². The SMILES string of the molecule is N#CC(=CC1CCCCC1)C(=O)Nc1ccc2c(c1)S(=O)(=O)C=C2. The number of rotatable bonds is 3. The Labute approximate surface area is 141 Å². The Morgan fingerprint density at radius 1 is 1.25 bits per heavy atom. The number of nitriles is 1.